The van der Waals surface area contributed by atoms with Crippen molar-refractivity contribution in [2.45, 2.75) is 27.3 Å². The number of aryl methyl sites for hydroxylation is 1. The Kier molecular flexibility index (Phi) is 5.76. The Balaban J connectivity index is 2.69. The van der Waals surface area contributed by atoms with Crippen LogP contribution in [0.2, 0.25) is 0 Å². The summed E-state index contributed by atoms with van der Waals surface area (Å²) in [5, 5.41) is 2.90. The fourth-order valence-corrected chi connectivity index (χ4v) is 1.73. The Morgan fingerprint density at radius 1 is 1.47 bits per heavy atom. The number of anilines is 1. The lowest BCUT2D eigenvalue weighted by Gasteiger charge is -2.21. The van der Waals surface area contributed by atoms with Gasteiger partial charge in [0.05, 0.1) is 6.54 Å². The van der Waals surface area contributed by atoms with Gasteiger partial charge in [0.2, 0.25) is 5.91 Å². The minimum Gasteiger partial charge on any atom is -0.354 e. The third kappa shape index (κ3) is 4.87. The average Bonchev–Trinajstić information content (AvgIpc) is 2.36. The van der Waals surface area contributed by atoms with Crippen LogP contribution in [0.3, 0.4) is 0 Å². The number of rotatable bonds is 6. The second-order valence-electron chi connectivity index (χ2n) is 5.19. The van der Waals surface area contributed by atoms with E-state index in [4.69, 9.17) is 5.73 Å². The predicted octanol–water partition coefficient (Wildman–Crippen LogP) is 1.06. The summed E-state index contributed by atoms with van der Waals surface area (Å²) < 4.78 is 0. The van der Waals surface area contributed by atoms with Gasteiger partial charge in [-0.3, -0.25) is 4.79 Å². The van der Waals surface area contributed by atoms with Gasteiger partial charge in [0.25, 0.3) is 0 Å². The molecule has 1 heterocycles. The van der Waals surface area contributed by atoms with Crippen LogP contribution >= 0.6 is 0 Å². The van der Waals surface area contributed by atoms with Crippen molar-refractivity contribution >= 4 is 11.7 Å². The van der Waals surface area contributed by atoms with Crippen LogP contribution in [0.5, 0.6) is 0 Å². The number of hydrogen-bond acceptors (Lipinski definition) is 4. The average molecular weight is 264 g/mol. The number of aromatic nitrogens is 1. The fraction of sp³-hybridized carbons (Fsp3) is 0.571. The molecule has 106 valence electrons. The summed E-state index contributed by atoms with van der Waals surface area (Å²) in [5.74, 6) is 1.23. The molecule has 0 bridgehead atoms. The van der Waals surface area contributed by atoms with Crippen LogP contribution < -0.4 is 16.0 Å². The van der Waals surface area contributed by atoms with Gasteiger partial charge in [0, 0.05) is 31.4 Å². The van der Waals surface area contributed by atoms with E-state index >= 15 is 0 Å². The predicted molar refractivity (Wildman–Crippen MR) is 78.0 cm³/mol. The third-order valence-corrected chi connectivity index (χ3v) is 2.76. The molecule has 5 nitrogen and oxygen atoms in total. The molecule has 5 heteroatoms. The maximum Gasteiger partial charge on any atom is 0.239 e. The third-order valence-electron chi connectivity index (χ3n) is 2.76. The summed E-state index contributed by atoms with van der Waals surface area (Å²) >= 11 is 0. The minimum atomic E-state index is 0.00229. The van der Waals surface area contributed by atoms with Gasteiger partial charge >= 0.3 is 0 Å². The molecular formula is C14H24N4O. The van der Waals surface area contributed by atoms with E-state index < -0.39 is 0 Å². The lowest BCUT2D eigenvalue weighted by Crippen LogP contribution is -2.37. The van der Waals surface area contributed by atoms with E-state index in [9.17, 15) is 4.79 Å². The van der Waals surface area contributed by atoms with Crippen molar-refractivity contribution < 1.29 is 4.79 Å². The molecule has 0 spiro atoms. The van der Waals surface area contributed by atoms with Crippen LogP contribution in [-0.4, -0.2) is 31.0 Å². The zero-order valence-corrected chi connectivity index (χ0v) is 12.2. The summed E-state index contributed by atoms with van der Waals surface area (Å²) in [6.45, 7) is 7.46. The van der Waals surface area contributed by atoms with Gasteiger partial charge in [-0.05, 0) is 18.9 Å². The number of pyridine rings is 1. The molecule has 1 aromatic heterocycles. The molecule has 0 aliphatic carbocycles. The van der Waals surface area contributed by atoms with Gasteiger partial charge < -0.3 is 16.0 Å². The molecule has 0 unspecified atom stereocenters. The van der Waals surface area contributed by atoms with Gasteiger partial charge in [-0.25, -0.2) is 4.98 Å². The normalized spacial score (nSPS) is 10.6. The zero-order chi connectivity index (χ0) is 14.4. The molecular weight excluding hydrogens is 240 g/mol. The Labute approximate surface area is 115 Å². The van der Waals surface area contributed by atoms with Gasteiger partial charge in [-0.1, -0.05) is 19.9 Å². The Morgan fingerprint density at radius 2 is 2.16 bits per heavy atom. The quantitative estimate of drug-likeness (QED) is 0.806. The van der Waals surface area contributed by atoms with E-state index in [1.54, 1.807) is 0 Å². The van der Waals surface area contributed by atoms with Crippen LogP contribution in [0.15, 0.2) is 12.1 Å². The maximum absolute atomic E-state index is 11.8. The standard InChI is InChI=1S/C14H24N4O/c1-10(2)8-16-13(19)9-18(4)14-12(7-15)6-5-11(3)17-14/h5-6,10H,7-9,15H2,1-4H3,(H,16,19). The Morgan fingerprint density at radius 3 is 2.74 bits per heavy atom. The van der Waals surface area contributed by atoms with Crippen molar-refractivity contribution in [3.05, 3.63) is 23.4 Å². The van der Waals surface area contributed by atoms with E-state index in [0.29, 0.717) is 19.0 Å². The molecule has 0 saturated heterocycles. The SMILES string of the molecule is Cc1ccc(CN)c(N(C)CC(=O)NCC(C)C)n1. The molecule has 0 aliphatic rings. The van der Waals surface area contributed by atoms with Gasteiger partial charge in [-0.2, -0.15) is 0 Å². The van der Waals surface area contributed by atoms with Crippen molar-refractivity contribution in [3.63, 3.8) is 0 Å². The lowest BCUT2D eigenvalue weighted by molar-refractivity contribution is -0.119. The van der Waals surface area contributed by atoms with Crippen molar-refractivity contribution in [1.82, 2.24) is 10.3 Å². The number of likely N-dealkylation sites (N-methyl/N-ethyl adjacent to an activating group) is 1. The molecule has 1 rings (SSSR count). The monoisotopic (exact) mass is 264 g/mol. The maximum atomic E-state index is 11.8. The first-order valence-corrected chi connectivity index (χ1v) is 6.58. The van der Waals surface area contributed by atoms with Crippen molar-refractivity contribution in [2.75, 3.05) is 25.0 Å². The molecule has 1 aromatic rings. The zero-order valence-electron chi connectivity index (χ0n) is 12.2. The summed E-state index contributed by atoms with van der Waals surface area (Å²) in [6.07, 6.45) is 0. The first kappa shape index (κ1) is 15.4. The molecule has 0 saturated carbocycles. The van der Waals surface area contributed by atoms with E-state index in [2.05, 4.69) is 24.1 Å². The second-order valence-corrected chi connectivity index (χ2v) is 5.19. The lowest BCUT2D eigenvalue weighted by atomic mass is 10.2. The number of nitrogens with one attached hydrogen (secondary N) is 1. The smallest absolute Gasteiger partial charge is 0.239 e. The summed E-state index contributed by atoms with van der Waals surface area (Å²) in [5.41, 5.74) is 7.57. The molecule has 0 atom stereocenters. The number of nitrogens with two attached hydrogens (primary N) is 1. The number of amides is 1. The van der Waals surface area contributed by atoms with E-state index in [1.165, 1.54) is 0 Å². The van der Waals surface area contributed by atoms with Crippen LogP contribution in [0, 0.1) is 12.8 Å². The highest BCUT2D eigenvalue weighted by Crippen LogP contribution is 2.16. The molecule has 0 radical (unpaired) electrons. The fourth-order valence-electron chi connectivity index (χ4n) is 1.73. The van der Waals surface area contributed by atoms with E-state index in [0.717, 1.165) is 17.1 Å². The second kappa shape index (κ2) is 7.09. The van der Waals surface area contributed by atoms with Gasteiger partial charge in [0.1, 0.15) is 5.82 Å². The molecule has 0 aromatic carbocycles. The molecule has 3 N–H and O–H groups in total. The van der Waals surface area contributed by atoms with E-state index in [1.807, 2.05) is 31.0 Å². The Bertz CT molecular complexity index is 431. The number of carbonyl (C=O) groups excluding carboxylic acids is 1. The highest BCUT2D eigenvalue weighted by atomic mass is 16.2. The van der Waals surface area contributed by atoms with E-state index in [-0.39, 0.29) is 12.5 Å². The van der Waals surface area contributed by atoms with Crippen LogP contribution in [0.4, 0.5) is 5.82 Å². The molecule has 19 heavy (non-hydrogen) atoms. The molecule has 0 fully saturated rings. The van der Waals surface area contributed by atoms with Crippen molar-refractivity contribution in [1.29, 1.82) is 0 Å². The van der Waals surface area contributed by atoms with Crippen LogP contribution in [0.25, 0.3) is 0 Å². The molecule has 0 aliphatic heterocycles. The number of carbonyl (C=O) groups is 1. The summed E-state index contributed by atoms with van der Waals surface area (Å²) in [4.78, 5) is 18.1. The highest BCUT2D eigenvalue weighted by Gasteiger charge is 2.12. The Hall–Kier alpha value is -1.62. The first-order chi connectivity index (χ1) is 8.93. The minimum absolute atomic E-state index is 0.00229. The number of nitrogens with zero attached hydrogens (tertiary/aromatic N) is 2. The summed E-state index contributed by atoms with van der Waals surface area (Å²) in [6, 6.07) is 3.89. The highest BCUT2D eigenvalue weighted by molar-refractivity contribution is 5.81. The van der Waals surface area contributed by atoms with Gasteiger partial charge in [0.15, 0.2) is 0 Å². The summed E-state index contributed by atoms with van der Waals surface area (Å²) in [7, 11) is 1.86. The van der Waals surface area contributed by atoms with Crippen molar-refractivity contribution in [2.24, 2.45) is 11.7 Å². The topological polar surface area (TPSA) is 71.2 Å². The van der Waals surface area contributed by atoms with Crippen LogP contribution in [0.1, 0.15) is 25.1 Å². The first-order valence-electron chi connectivity index (χ1n) is 6.58. The van der Waals surface area contributed by atoms with Gasteiger partial charge in [-0.15, -0.1) is 0 Å². The van der Waals surface area contributed by atoms with Crippen LogP contribution in [-0.2, 0) is 11.3 Å². The largest absolute Gasteiger partial charge is 0.354 e. The van der Waals surface area contributed by atoms with Crippen molar-refractivity contribution in [3.8, 4) is 0 Å². The molecule has 1 amide bonds. The number of hydrogen-bond donors (Lipinski definition) is 2.